The van der Waals surface area contributed by atoms with E-state index in [1.165, 1.54) is 5.56 Å². The van der Waals surface area contributed by atoms with Crippen molar-refractivity contribution in [1.82, 2.24) is 0 Å². The lowest BCUT2D eigenvalue weighted by Gasteiger charge is -2.21. The Morgan fingerprint density at radius 1 is 1.15 bits per heavy atom. The Balaban J connectivity index is 2.20. The first-order valence-electron chi connectivity index (χ1n) is 6.65. The summed E-state index contributed by atoms with van der Waals surface area (Å²) in [7, 11) is 0. The molecule has 1 atom stereocenters. The minimum atomic E-state index is -0.398. The number of nitrogens with zero attached hydrogens (tertiary/aromatic N) is 2. The van der Waals surface area contributed by atoms with E-state index in [1.54, 1.807) is 0 Å². The van der Waals surface area contributed by atoms with E-state index in [1.807, 2.05) is 12.2 Å². The Labute approximate surface area is 117 Å². The zero-order valence-corrected chi connectivity index (χ0v) is 11.8. The molecule has 1 amide bonds. The van der Waals surface area contributed by atoms with Gasteiger partial charge in [-0.15, -0.1) is 0 Å². The van der Waals surface area contributed by atoms with Crippen molar-refractivity contribution in [2.45, 2.75) is 26.2 Å². The molecule has 0 saturated carbocycles. The summed E-state index contributed by atoms with van der Waals surface area (Å²) >= 11 is 0. The van der Waals surface area contributed by atoms with Gasteiger partial charge in [0.05, 0.1) is 5.71 Å². The number of rotatable bonds is 0. The van der Waals surface area contributed by atoms with Crippen LogP contribution in [0.1, 0.15) is 26.3 Å². The van der Waals surface area contributed by atoms with Crippen LogP contribution in [0.5, 0.6) is 0 Å². The molecule has 1 aromatic carbocycles. The number of carbonyl (C=O) groups excluding carboxylic acids is 1. The second-order valence-electron chi connectivity index (χ2n) is 6.23. The molecule has 3 rings (SSSR count). The number of guanidine groups is 1. The third-order valence-corrected chi connectivity index (χ3v) is 3.66. The number of nitrogens with two attached hydrogens (primary N) is 1. The maximum Gasteiger partial charge on any atom is 0.261 e. The lowest BCUT2D eigenvalue weighted by Crippen LogP contribution is -2.39. The fourth-order valence-corrected chi connectivity index (χ4v) is 2.47. The average molecular weight is 267 g/mol. The second-order valence-corrected chi connectivity index (χ2v) is 6.23. The minimum absolute atomic E-state index is 0.0423. The summed E-state index contributed by atoms with van der Waals surface area (Å²) in [6.07, 6.45) is 3.85. The summed E-state index contributed by atoms with van der Waals surface area (Å²) < 4.78 is 0. The summed E-state index contributed by atoms with van der Waals surface area (Å²) in [5.41, 5.74) is 7.54. The summed E-state index contributed by atoms with van der Waals surface area (Å²) in [5, 5.41) is 2.13. The van der Waals surface area contributed by atoms with E-state index in [2.05, 4.69) is 49.0 Å². The van der Waals surface area contributed by atoms with Gasteiger partial charge in [-0.2, -0.15) is 4.99 Å². The van der Waals surface area contributed by atoms with E-state index in [0.717, 1.165) is 10.4 Å². The van der Waals surface area contributed by atoms with Gasteiger partial charge in [-0.25, -0.2) is 4.99 Å². The monoisotopic (exact) mass is 267 g/mol. The Kier molecular flexibility index (Phi) is 2.64. The molecule has 0 aromatic heterocycles. The van der Waals surface area contributed by atoms with Gasteiger partial charge in [-0.1, -0.05) is 45.0 Å². The fourth-order valence-electron chi connectivity index (χ4n) is 2.47. The largest absolute Gasteiger partial charge is 0.368 e. The highest BCUT2D eigenvalue weighted by atomic mass is 16.1. The lowest BCUT2D eigenvalue weighted by atomic mass is 9.85. The summed E-state index contributed by atoms with van der Waals surface area (Å²) in [6.45, 7) is 6.51. The van der Waals surface area contributed by atoms with Crippen LogP contribution in [0.3, 0.4) is 0 Å². The van der Waals surface area contributed by atoms with E-state index in [4.69, 9.17) is 5.73 Å². The Morgan fingerprint density at radius 3 is 2.60 bits per heavy atom. The normalized spacial score (nSPS) is 20.9. The molecular formula is C16H17N3O. The van der Waals surface area contributed by atoms with Crippen molar-refractivity contribution < 1.29 is 4.79 Å². The zero-order valence-electron chi connectivity index (χ0n) is 11.8. The molecule has 2 aliphatic rings. The lowest BCUT2D eigenvalue weighted by molar-refractivity contribution is -0.118. The molecule has 0 saturated heterocycles. The van der Waals surface area contributed by atoms with Gasteiger partial charge in [-0.3, -0.25) is 4.79 Å². The van der Waals surface area contributed by atoms with E-state index in [-0.39, 0.29) is 17.3 Å². The third kappa shape index (κ3) is 2.07. The molecule has 1 aliphatic carbocycles. The molecule has 2 N–H and O–H groups in total. The first-order valence-corrected chi connectivity index (χ1v) is 6.65. The number of hydrogen-bond acceptors (Lipinski definition) is 3. The standard InChI is InChI=1S/C16H17N3O/c1-16(2,3)11-5-4-9-8-13-12(7-10(9)6-11)14(20)19-15(17)18-13/h4-8,12H,1-3H3,(H2,17,19,20). The molecular weight excluding hydrogens is 250 g/mol. The molecule has 0 radical (unpaired) electrons. The Morgan fingerprint density at radius 2 is 1.90 bits per heavy atom. The Bertz CT molecular complexity index is 779. The SMILES string of the molecule is CC(C)(C)c1ccc2c(c1)=CC1C(=O)N=C(N)N=C1C=2. The fraction of sp³-hybridized carbons (Fsp3) is 0.312. The van der Waals surface area contributed by atoms with Crippen LogP contribution in [0.15, 0.2) is 28.2 Å². The van der Waals surface area contributed by atoms with Crippen LogP contribution in [-0.4, -0.2) is 17.6 Å². The maximum absolute atomic E-state index is 11.9. The molecule has 4 heteroatoms. The van der Waals surface area contributed by atoms with Crippen LogP contribution < -0.4 is 16.2 Å². The van der Waals surface area contributed by atoms with Crippen molar-refractivity contribution in [1.29, 1.82) is 0 Å². The van der Waals surface area contributed by atoms with Crippen LogP contribution >= 0.6 is 0 Å². The van der Waals surface area contributed by atoms with Gasteiger partial charge in [0.15, 0.2) is 0 Å². The van der Waals surface area contributed by atoms with Crippen LogP contribution in [0.4, 0.5) is 0 Å². The number of fused-ring (bicyclic) bond motifs is 2. The summed E-state index contributed by atoms with van der Waals surface area (Å²) in [4.78, 5) is 19.8. The second kappa shape index (κ2) is 4.13. The Hall–Kier alpha value is -2.23. The van der Waals surface area contributed by atoms with Crippen molar-refractivity contribution in [2.75, 3.05) is 0 Å². The highest BCUT2D eigenvalue weighted by Crippen LogP contribution is 2.20. The van der Waals surface area contributed by atoms with Gasteiger partial charge in [0.25, 0.3) is 5.91 Å². The van der Waals surface area contributed by atoms with E-state index < -0.39 is 5.92 Å². The van der Waals surface area contributed by atoms with E-state index >= 15 is 0 Å². The number of aliphatic imine (C=N–C) groups is 2. The highest BCUT2D eigenvalue weighted by molar-refractivity contribution is 6.29. The first-order chi connectivity index (χ1) is 9.34. The van der Waals surface area contributed by atoms with Gasteiger partial charge in [-0.05, 0) is 27.5 Å². The van der Waals surface area contributed by atoms with E-state index in [9.17, 15) is 4.79 Å². The molecule has 0 spiro atoms. The number of hydrogen-bond donors (Lipinski definition) is 1. The van der Waals surface area contributed by atoms with Gasteiger partial charge in [0.2, 0.25) is 5.96 Å². The average Bonchev–Trinajstić information content (AvgIpc) is 2.35. The van der Waals surface area contributed by atoms with Crippen molar-refractivity contribution in [3.63, 3.8) is 0 Å². The summed E-state index contributed by atoms with van der Waals surface area (Å²) in [6, 6.07) is 6.32. The molecule has 1 aliphatic heterocycles. The zero-order chi connectivity index (χ0) is 14.5. The van der Waals surface area contributed by atoms with Crippen molar-refractivity contribution >= 4 is 29.7 Å². The topological polar surface area (TPSA) is 67.8 Å². The highest BCUT2D eigenvalue weighted by Gasteiger charge is 2.26. The predicted octanol–water partition coefficient (Wildman–Crippen LogP) is 0.471. The quantitative estimate of drug-likeness (QED) is 0.742. The van der Waals surface area contributed by atoms with Gasteiger partial charge in [0, 0.05) is 0 Å². The van der Waals surface area contributed by atoms with Gasteiger partial charge < -0.3 is 5.73 Å². The van der Waals surface area contributed by atoms with Crippen molar-refractivity contribution in [3.8, 4) is 0 Å². The molecule has 1 unspecified atom stereocenters. The number of amides is 1. The van der Waals surface area contributed by atoms with Gasteiger partial charge >= 0.3 is 0 Å². The molecule has 102 valence electrons. The molecule has 1 heterocycles. The molecule has 1 aromatic rings. The van der Waals surface area contributed by atoms with Crippen LogP contribution in [0.2, 0.25) is 0 Å². The first kappa shape index (κ1) is 12.8. The van der Waals surface area contributed by atoms with Crippen molar-refractivity contribution in [3.05, 3.63) is 34.2 Å². The molecule has 4 nitrogen and oxygen atoms in total. The molecule has 20 heavy (non-hydrogen) atoms. The summed E-state index contributed by atoms with van der Waals surface area (Å²) in [5.74, 6) is -0.596. The molecule has 0 fully saturated rings. The van der Waals surface area contributed by atoms with Crippen LogP contribution in [0.25, 0.3) is 12.2 Å². The predicted molar refractivity (Wildman–Crippen MR) is 80.9 cm³/mol. The minimum Gasteiger partial charge on any atom is -0.368 e. The smallest absolute Gasteiger partial charge is 0.261 e. The van der Waals surface area contributed by atoms with Crippen molar-refractivity contribution in [2.24, 2.45) is 21.6 Å². The van der Waals surface area contributed by atoms with Crippen LogP contribution in [0, 0.1) is 5.92 Å². The number of carbonyl (C=O) groups is 1. The van der Waals surface area contributed by atoms with Gasteiger partial charge in [0.1, 0.15) is 5.92 Å². The molecule has 0 bridgehead atoms. The van der Waals surface area contributed by atoms with Crippen LogP contribution in [-0.2, 0) is 10.2 Å². The number of benzene rings is 1. The third-order valence-electron chi connectivity index (χ3n) is 3.66. The maximum atomic E-state index is 11.9. The van der Waals surface area contributed by atoms with E-state index in [0.29, 0.717) is 5.71 Å².